The Balaban J connectivity index is 2.30. The Kier molecular flexibility index (Phi) is 10.1. The first-order valence-corrected chi connectivity index (χ1v) is 11.3. The van der Waals surface area contributed by atoms with E-state index in [2.05, 4.69) is 0 Å². The lowest BCUT2D eigenvalue weighted by Gasteiger charge is -2.20. The van der Waals surface area contributed by atoms with Gasteiger partial charge in [0.2, 0.25) is 5.91 Å². The summed E-state index contributed by atoms with van der Waals surface area (Å²) in [5.74, 6) is -1.74. The number of ketones is 2. The summed E-state index contributed by atoms with van der Waals surface area (Å²) in [4.78, 5) is 40.4. The highest BCUT2D eigenvalue weighted by Gasteiger charge is 2.27. The molecule has 0 heterocycles. The average Bonchev–Trinajstić information content (AvgIpc) is 2.86. The van der Waals surface area contributed by atoms with Crippen LogP contribution in [0.15, 0.2) is 48.6 Å². The Labute approximate surface area is 205 Å². The van der Waals surface area contributed by atoms with Crippen molar-refractivity contribution in [3.8, 4) is 17.2 Å². The number of carbonyl (C=O) groups excluding carboxylic acids is 3. The molecule has 0 aliphatic rings. The van der Waals surface area contributed by atoms with Crippen LogP contribution in [0.3, 0.4) is 0 Å². The van der Waals surface area contributed by atoms with Crippen LogP contribution in [0.5, 0.6) is 17.2 Å². The number of benzene rings is 2. The molecule has 8 heteroatoms. The molecule has 0 radical (unpaired) electrons. The molecule has 0 aliphatic carbocycles. The number of nitrogens with zero attached hydrogens (tertiary/aromatic N) is 1. The van der Waals surface area contributed by atoms with Crippen molar-refractivity contribution in [1.29, 1.82) is 0 Å². The van der Waals surface area contributed by atoms with Gasteiger partial charge in [0.05, 0.1) is 25.8 Å². The summed E-state index contributed by atoms with van der Waals surface area (Å²) < 4.78 is 10.3. The number of methoxy groups -OCH3 is 2. The molecule has 1 amide bonds. The van der Waals surface area contributed by atoms with Crippen molar-refractivity contribution in [2.45, 2.75) is 20.3 Å². The number of nitrogens with two attached hydrogens (primary N) is 1. The Morgan fingerprint density at radius 2 is 1.43 bits per heavy atom. The van der Waals surface area contributed by atoms with Gasteiger partial charge in [0.15, 0.2) is 23.1 Å². The molecule has 0 saturated carbocycles. The van der Waals surface area contributed by atoms with Gasteiger partial charge in [0, 0.05) is 19.5 Å². The lowest BCUT2D eigenvalue weighted by Crippen LogP contribution is -2.35. The van der Waals surface area contributed by atoms with E-state index in [9.17, 15) is 19.5 Å². The molecule has 2 aromatic rings. The first-order valence-electron chi connectivity index (χ1n) is 11.3. The third-order valence-corrected chi connectivity index (χ3v) is 5.52. The predicted molar refractivity (Wildman–Crippen MR) is 136 cm³/mol. The average molecular weight is 481 g/mol. The number of carbonyl (C=O) groups is 3. The Morgan fingerprint density at radius 1 is 0.914 bits per heavy atom. The van der Waals surface area contributed by atoms with Gasteiger partial charge in [-0.3, -0.25) is 14.4 Å². The summed E-state index contributed by atoms with van der Waals surface area (Å²) in [5, 5.41) is 9.75. The highest BCUT2D eigenvalue weighted by Crippen LogP contribution is 2.27. The molecule has 1 atom stereocenters. The summed E-state index contributed by atoms with van der Waals surface area (Å²) >= 11 is 0. The van der Waals surface area contributed by atoms with Gasteiger partial charge >= 0.3 is 0 Å². The van der Waals surface area contributed by atoms with Crippen LogP contribution in [-0.2, 0) is 14.4 Å². The zero-order chi connectivity index (χ0) is 26.0. The molecular weight excluding hydrogens is 448 g/mol. The van der Waals surface area contributed by atoms with Crippen molar-refractivity contribution >= 4 is 35.3 Å². The molecule has 0 aliphatic heterocycles. The molecule has 8 nitrogen and oxygen atoms in total. The SMILES string of the molecule is CCN(CC)C(=O)CC(C(=O)/C=C/c1ccc(N)c(OC)c1)C(=O)/C=C/c1ccc(O)c(OC)c1. The number of ether oxygens (including phenoxy) is 2. The number of hydrogen-bond acceptors (Lipinski definition) is 7. The van der Waals surface area contributed by atoms with Crippen LogP contribution >= 0.6 is 0 Å². The first-order chi connectivity index (χ1) is 16.7. The van der Waals surface area contributed by atoms with Crippen molar-refractivity contribution in [3.05, 3.63) is 59.7 Å². The number of aromatic hydroxyl groups is 1. The highest BCUT2D eigenvalue weighted by molar-refractivity contribution is 6.15. The van der Waals surface area contributed by atoms with E-state index in [4.69, 9.17) is 15.2 Å². The zero-order valence-corrected chi connectivity index (χ0v) is 20.5. The minimum Gasteiger partial charge on any atom is -0.504 e. The van der Waals surface area contributed by atoms with Crippen molar-refractivity contribution in [2.24, 2.45) is 5.92 Å². The lowest BCUT2D eigenvalue weighted by atomic mass is 9.92. The number of phenols is 1. The third-order valence-electron chi connectivity index (χ3n) is 5.52. The van der Waals surface area contributed by atoms with Crippen LogP contribution in [-0.4, -0.2) is 54.8 Å². The summed E-state index contributed by atoms with van der Waals surface area (Å²) in [7, 11) is 2.91. The molecule has 2 aromatic carbocycles. The van der Waals surface area contributed by atoms with Crippen LogP contribution in [0.4, 0.5) is 5.69 Å². The topological polar surface area (TPSA) is 119 Å². The normalized spacial score (nSPS) is 12.0. The van der Waals surface area contributed by atoms with Crippen LogP contribution in [0.25, 0.3) is 12.2 Å². The van der Waals surface area contributed by atoms with Gasteiger partial charge < -0.3 is 25.2 Å². The van der Waals surface area contributed by atoms with Crippen molar-refractivity contribution in [3.63, 3.8) is 0 Å². The van der Waals surface area contributed by atoms with Gasteiger partial charge in [0.25, 0.3) is 0 Å². The minimum atomic E-state index is -1.18. The predicted octanol–water partition coefficient (Wildman–Crippen LogP) is 3.73. The van der Waals surface area contributed by atoms with Crippen LogP contribution in [0.2, 0.25) is 0 Å². The molecule has 0 bridgehead atoms. The molecule has 0 fully saturated rings. The molecular formula is C27H32N2O6. The number of allylic oxidation sites excluding steroid dienone is 2. The van der Waals surface area contributed by atoms with Crippen molar-refractivity contribution in [2.75, 3.05) is 33.0 Å². The van der Waals surface area contributed by atoms with Gasteiger partial charge in [0.1, 0.15) is 5.75 Å². The summed E-state index contributed by atoms with van der Waals surface area (Å²) in [5.41, 5.74) is 7.55. The van der Waals surface area contributed by atoms with E-state index in [0.717, 1.165) is 0 Å². The quantitative estimate of drug-likeness (QED) is 0.270. The standard InChI is InChI=1S/C27H32N2O6/c1-5-29(6-2)27(33)17-20(22(30)12-8-18-7-11-21(28)25(15-18)34-3)23(31)13-9-19-10-14-24(32)26(16-19)35-4/h7-16,20,32H,5-6,17,28H2,1-4H3/b12-8+,13-9+. The second-order valence-corrected chi connectivity index (χ2v) is 7.73. The summed E-state index contributed by atoms with van der Waals surface area (Å²) in [6.45, 7) is 4.64. The van der Waals surface area contributed by atoms with E-state index in [0.29, 0.717) is 35.7 Å². The van der Waals surface area contributed by atoms with E-state index in [-0.39, 0.29) is 23.8 Å². The first kappa shape index (κ1) is 27.2. The molecule has 0 spiro atoms. The number of rotatable bonds is 12. The summed E-state index contributed by atoms with van der Waals surface area (Å²) in [6, 6.07) is 9.66. The second-order valence-electron chi connectivity index (χ2n) is 7.73. The van der Waals surface area contributed by atoms with Gasteiger partial charge in [-0.05, 0) is 61.4 Å². The van der Waals surface area contributed by atoms with Gasteiger partial charge in [-0.25, -0.2) is 0 Å². The Morgan fingerprint density at radius 3 is 1.94 bits per heavy atom. The Bertz CT molecular complexity index is 1040. The van der Waals surface area contributed by atoms with Gasteiger partial charge in [-0.1, -0.05) is 24.3 Å². The van der Waals surface area contributed by atoms with Crippen molar-refractivity contribution in [1.82, 2.24) is 4.90 Å². The number of phenolic OH excluding ortho intramolecular Hbond substituents is 1. The van der Waals surface area contributed by atoms with Gasteiger partial charge in [-0.2, -0.15) is 0 Å². The molecule has 0 aromatic heterocycles. The fourth-order valence-electron chi connectivity index (χ4n) is 3.44. The molecule has 186 valence electrons. The monoisotopic (exact) mass is 480 g/mol. The molecule has 3 N–H and O–H groups in total. The van der Waals surface area contributed by atoms with E-state index >= 15 is 0 Å². The van der Waals surface area contributed by atoms with Crippen molar-refractivity contribution < 1.29 is 29.0 Å². The largest absolute Gasteiger partial charge is 0.504 e. The van der Waals surface area contributed by atoms with E-state index in [1.165, 1.54) is 38.5 Å². The van der Waals surface area contributed by atoms with E-state index in [1.807, 2.05) is 13.8 Å². The van der Waals surface area contributed by atoms with E-state index in [1.54, 1.807) is 41.3 Å². The molecule has 2 rings (SSSR count). The minimum absolute atomic E-state index is 0.0294. The third kappa shape index (κ3) is 7.46. The smallest absolute Gasteiger partial charge is 0.223 e. The fourth-order valence-corrected chi connectivity index (χ4v) is 3.44. The van der Waals surface area contributed by atoms with Crippen LogP contribution in [0.1, 0.15) is 31.4 Å². The summed E-state index contributed by atoms with van der Waals surface area (Å²) in [6.07, 6.45) is 5.39. The maximum absolute atomic E-state index is 13.0. The Hall–Kier alpha value is -4.07. The highest BCUT2D eigenvalue weighted by atomic mass is 16.5. The molecule has 0 saturated heterocycles. The molecule has 35 heavy (non-hydrogen) atoms. The number of anilines is 1. The maximum Gasteiger partial charge on any atom is 0.223 e. The van der Waals surface area contributed by atoms with Gasteiger partial charge in [-0.15, -0.1) is 0 Å². The molecule has 1 unspecified atom stereocenters. The number of amides is 1. The van der Waals surface area contributed by atoms with Crippen LogP contribution in [0, 0.1) is 5.92 Å². The zero-order valence-electron chi connectivity index (χ0n) is 20.5. The number of nitrogen functional groups attached to an aromatic ring is 1. The maximum atomic E-state index is 13.0. The lowest BCUT2D eigenvalue weighted by molar-refractivity contribution is -0.137. The number of hydrogen-bond donors (Lipinski definition) is 2. The fraction of sp³-hybridized carbons (Fsp3) is 0.296. The van der Waals surface area contributed by atoms with Crippen LogP contribution < -0.4 is 15.2 Å². The van der Waals surface area contributed by atoms with E-state index < -0.39 is 17.5 Å². The second kappa shape index (κ2) is 13.0.